The third-order valence-electron chi connectivity index (χ3n) is 6.43. The lowest BCUT2D eigenvalue weighted by molar-refractivity contribution is 0.324. The molecular weight excluding hydrogens is 370 g/mol. The van der Waals surface area contributed by atoms with Crippen LogP contribution in [0, 0.1) is 6.92 Å². The van der Waals surface area contributed by atoms with E-state index in [2.05, 4.69) is 75.2 Å². The number of hydrogen-bond donors (Lipinski definition) is 0. The summed E-state index contributed by atoms with van der Waals surface area (Å²) in [5, 5.41) is 3.44. The van der Waals surface area contributed by atoms with Crippen molar-refractivity contribution in [3.8, 4) is 0 Å². The number of rotatable bonds is 5. The molecule has 0 fully saturated rings. The summed E-state index contributed by atoms with van der Waals surface area (Å²) < 4.78 is 0. The topological polar surface area (TPSA) is 46.8 Å². The van der Waals surface area contributed by atoms with Gasteiger partial charge in [-0.2, -0.15) is 0 Å². The molecule has 0 saturated heterocycles. The summed E-state index contributed by atoms with van der Waals surface area (Å²) >= 11 is 0. The maximum atomic E-state index is 5.07. The molecule has 0 bridgehead atoms. The van der Waals surface area contributed by atoms with Crippen LogP contribution in [0.3, 0.4) is 0 Å². The number of aromatic nitrogens is 1. The fourth-order valence-electron chi connectivity index (χ4n) is 4.29. The highest BCUT2D eigenvalue weighted by molar-refractivity contribution is 5.80. The van der Waals surface area contributed by atoms with Gasteiger partial charge in [0.15, 0.2) is 0 Å². The molecule has 0 unspecified atom stereocenters. The zero-order valence-corrected chi connectivity index (χ0v) is 19.2. The second-order valence-electron chi connectivity index (χ2n) is 9.53. The second-order valence-corrected chi connectivity index (χ2v) is 9.53. The Morgan fingerprint density at radius 2 is 1.73 bits per heavy atom. The summed E-state index contributed by atoms with van der Waals surface area (Å²) in [4.78, 5) is 13.8. The van der Waals surface area contributed by atoms with Crippen molar-refractivity contribution in [2.24, 2.45) is 10.1 Å². The average molecular weight is 404 g/mol. The number of aryl methyl sites for hydroxylation is 1. The van der Waals surface area contributed by atoms with Crippen molar-refractivity contribution in [3.63, 3.8) is 0 Å². The van der Waals surface area contributed by atoms with Crippen molar-refractivity contribution in [1.82, 2.24) is 4.98 Å². The van der Waals surface area contributed by atoms with Crippen LogP contribution in [0.25, 0.3) is 5.57 Å². The van der Waals surface area contributed by atoms with Gasteiger partial charge in [0.2, 0.25) is 5.90 Å². The summed E-state index contributed by atoms with van der Waals surface area (Å²) in [6.07, 6.45) is 4.77. The maximum Gasteiger partial charge on any atom is 0.224 e. The van der Waals surface area contributed by atoms with Crippen LogP contribution >= 0.6 is 0 Å². The smallest absolute Gasteiger partial charge is 0.224 e. The quantitative estimate of drug-likeness (QED) is 0.349. The zero-order chi connectivity index (χ0) is 22.1. The van der Waals surface area contributed by atoms with E-state index in [1.165, 1.54) is 35.1 Å². The van der Waals surface area contributed by atoms with Gasteiger partial charge in [-0.05, 0) is 70.5 Å². The van der Waals surface area contributed by atoms with Crippen molar-refractivity contribution in [1.29, 1.82) is 0 Å². The van der Waals surface area contributed by atoms with E-state index in [4.69, 9.17) is 4.84 Å². The molecule has 2 aromatic rings. The summed E-state index contributed by atoms with van der Waals surface area (Å²) in [6.45, 7) is 19.3. The molecule has 4 heteroatoms. The lowest BCUT2D eigenvalue weighted by atomic mass is 9.62. The average Bonchev–Trinajstić information content (AvgIpc) is 2.71. The molecule has 0 aliphatic heterocycles. The molecule has 0 radical (unpaired) electrons. The number of pyridine rings is 1. The minimum Gasteiger partial charge on any atom is -0.342 e. The zero-order valence-electron chi connectivity index (χ0n) is 19.2. The number of aliphatic imine (C=N–C) groups is 1. The van der Waals surface area contributed by atoms with Crippen LogP contribution in [0.2, 0.25) is 0 Å². The maximum absolute atomic E-state index is 5.07. The Morgan fingerprint density at radius 1 is 1.10 bits per heavy atom. The Labute approximate surface area is 180 Å². The predicted molar refractivity (Wildman–Crippen MR) is 127 cm³/mol. The molecule has 0 N–H and O–H groups in total. The van der Waals surface area contributed by atoms with E-state index in [9.17, 15) is 0 Å². The van der Waals surface area contributed by atoms with Gasteiger partial charge in [0, 0.05) is 25.5 Å². The van der Waals surface area contributed by atoms with E-state index in [-0.39, 0.29) is 10.8 Å². The van der Waals surface area contributed by atoms with Crippen LogP contribution in [0.15, 0.2) is 47.2 Å². The van der Waals surface area contributed by atoms with Crippen molar-refractivity contribution >= 4 is 18.2 Å². The molecule has 30 heavy (non-hydrogen) atoms. The highest BCUT2D eigenvalue weighted by Crippen LogP contribution is 2.47. The Hall–Kier alpha value is -2.75. The molecule has 1 heterocycles. The van der Waals surface area contributed by atoms with Crippen molar-refractivity contribution in [2.45, 2.75) is 64.7 Å². The summed E-state index contributed by atoms with van der Waals surface area (Å²) in [5.74, 6) is 0.508. The van der Waals surface area contributed by atoms with E-state index < -0.39 is 0 Å². The van der Waals surface area contributed by atoms with Crippen LogP contribution in [-0.4, -0.2) is 24.6 Å². The molecule has 3 rings (SSSR count). The highest BCUT2D eigenvalue weighted by Gasteiger charge is 2.37. The van der Waals surface area contributed by atoms with Crippen LogP contribution in [0.1, 0.15) is 74.0 Å². The van der Waals surface area contributed by atoms with E-state index in [0.717, 1.165) is 16.8 Å². The van der Waals surface area contributed by atoms with Crippen molar-refractivity contribution in [3.05, 3.63) is 70.6 Å². The van der Waals surface area contributed by atoms with Crippen LogP contribution in [0.5, 0.6) is 0 Å². The van der Waals surface area contributed by atoms with Crippen LogP contribution in [-0.2, 0) is 22.1 Å². The molecule has 1 aromatic carbocycles. The minimum absolute atomic E-state index is 0.167. The first-order valence-electron chi connectivity index (χ1n) is 10.5. The standard InChI is InChI=1S/C26H33N3O/c1-17-13-21-22(26(5,6)12-11-25(21,3)4)15-20(17)18(2)23-10-9-19(16-29-23)14-24(27-7)30-28-8/h9-10,13,15-16H,2,8,11-12,14H2,1,3-7H3. The summed E-state index contributed by atoms with van der Waals surface area (Å²) in [7, 11) is 1.67. The van der Waals surface area contributed by atoms with E-state index >= 15 is 0 Å². The van der Waals surface area contributed by atoms with E-state index in [0.29, 0.717) is 12.3 Å². The first-order valence-corrected chi connectivity index (χ1v) is 10.5. The van der Waals surface area contributed by atoms with Crippen molar-refractivity contribution < 1.29 is 4.84 Å². The third kappa shape index (κ3) is 4.23. The first-order chi connectivity index (χ1) is 14.1. The van der Waals surface area contributed by atoms with Gasteiger partial charge in [0.1, 0.15) is 0 Å². The number of nitrogens with zero attached hydrogens (tertiary/aromatic N) is 3. The molecule has 0 amide bonds. The predicted octanol–water partition coefficient (Wildman–Crippen LogP) is 6.00. The van der Waals surface area contributed by atoms with Gasteiger partial charge in [-0.1, -0.05) is 51.6 Å². The van der Waals surface area contributed by atoms with Gasteiger partial charge in [-0.15, -0.1) is 0 Å². The first kappa shape index (κ1) is 21.9. The third-order valence-corrected chi connectivity index (χ3v) is 6.43. The lowest BCUT2D eigenvalue weighted by Crippen LogP contribution is -2.34. The van der Waals surface area contributed by atoms with Gasteiger partial charge in [-0.3, -0.25) is 9.98 Å². The van der Waals surface area contributed by atoms with E-state index in [1.54, 1.807) is 7.05 Å². The molecular formula is C26H33N3O. The molecule has 0 atom stereocenters. The molecule has 1 aliphatic rings. The van der Waals surface area contributed by atoms with Gasteiger partial charge in [0.25, 0.3) is 0 Å². The molecule has 4 nitrogen and oxygen atoms in total. The Morgan fingerprint density at radius 3 is 2.27 bits per heavy atom. The summed E-state index contributed by atoms with van der Waals surface area (Å²) in [5.41, 5.74) is 8.54. The Bertz CT molecular complexity index is 998. The number of hydrogen-bond acceptors (Lipinski definition) is 4. The Kier molecular flexibility index (Phi) is 5.98. The molecule has 0 saturated carbocycles. The summed E-state index contributed by atoms with van der Waals surface area (Å²) in [6, 6.07) is 8.77. The SMILES string of the molecule is C=NOC(Cc1ccc(C(=C)c2cc3c(cc2C)C(C)(C)CCC3(C)C)nc1)=NC. The van der Waals surface area contributed by atoms with Gasteiger partial charge in [-0.25, -0.2) is 0 Å². The van der Waals surface area contributed by atoms with Crippen LogP contribution < -0.4 is 0 Å². The number of benzene rings is 1. The minimum atomic E-state index is 0.167. The van der Waals surface area contributed by atoms with Gasteiger partial charge >= 0.3 is 0 Å². The van der Waals surface area contributed by atoms with E-state index in [1.807, 2.05) is 18.3 Å². The monoisotopic (exact) mass is 403 g/mol. The molecule has 1 aromatic heterocycles. The van der Waals surface area contributed by atoms with Crippen LogP contribution in [0.4, 0.5) is 0 Å². The lowest BCUT2D eigenvalue weighted by Gasteiger charge is -2.42. The molecule has 0 spiro atoms. The normalized spacial score (nSPS) is 17.2. The Balaban J connectivity index is 1.93. The number of fused-ring (bicyclic) bond motifs is 1. The molecule has 1 aliphatic carbocycles. The largest absolute Gasteiger partial charge is 0.342 e. The highest BCUT2D eigenvalue weighted by atomic mass is 16.6. The fourth-order valence-corrected chi connectivity index (χ4v) is 4.29. The number of oxime groups is 1. The molecule has 158 valence electrons. The van der Waals surface area contributed by atoms with Gasteiger partial charge in [0.05, 0.1) is 12.1 Å². The van der Waals surface area contributed by atoms with Crippen molar-refractivity contribution in [2.75, 3.05) is 7.05 Å². The van der Waals surface area contributed by atoms with Gasteiger partial charge < -0.3 is 4.84 Å². The fraction of sp³-hybridized carbons (Fsp3) is 0.423. The second kappa shape index (κ2) is 8.17.